The number of imidazole rings is 1. The van der Waals surface area contributed by atoms with E-state index in [-0.39, 0.29) is 12.1 Å². The molecule has 104 valence electrons. The van der Waals surface area contributed by atoms with Crippen LogP contribution < -0.4 is 0 Å². The van der Waals surface area contributed by atoms with Crippen LogP contribution >= 0.6 is 11.6 Å². The zero-order valence-electron chi connectivity index (χ0n) is 10.6. The van der Waals surface area contributed by atoms with Crippen LogP contribution in [-0.4, -0.2) is 9.55 Å². The molecule has 21 heavy (non-hydrogen) atoms. The van der Waals surface area contributed by atoms with E-state index in [4.69, 9.17) is 16.9 Å². The van der Waals surface area contributed by atoms with Crippen LogP contribution in [0, 0.1) is 23.0 Å². The minimum atomic E-state index is -0.979. The van der Waals surface area contributed by atoms with E-state index in [0.717, 1.165) is 12.1 Å². The molecule has 0 atom stereocenters. The second-order valence-corrected chi connectivity index (χ2v) is 4.82. The molecule has 0 saturated carbocycles. The first-order valence-corrected chi connectivity index (χ1v) is 6.46. The summed E-state index contributed by atoms with van der Waals surface area (Å²) in [6, 6.07) is 11.0. The Morgan fingerprint density at radius 1 is 1.19 bits per heavy atom. The van der Waals surface area contributed by atoms with E-state index in [1.54, 1.807) is 24.3 Å². The van der Waals surface area contributed by atoms with Gasteiger partial charge in [-0.25, -0.2) is 13.8 Å². The average Bonchev–Trinajstić information content (AvgIpc) is 2.79. The summed E-state index contributed by atoms with van der Waals surface area (Å²) < 4.78 is 28.3. The Morgan fingerprint density at radius 2 is 1.90 bits per heavy atom. The topological polar surface area (TPSA) is 41.6 Å². The highest BCUT2D eigenvalue weighted by atomic mass is 35.5. The number of aromatic nitrogens is 2. The van der Waals surface area contributed by atoms with Gasteiger partial charge in [0.1, 0.15) is 12.4 Å². The molecule has 3 aromatic rings. The first kappa shape index (κ1) is 13.5. The van der Waals surface area contributed by atoms with E-state index in [1.165, 1.54) is 4.57 Å². The molecule has 0 bridgehead atoms. The third-order valence-electron chi connectivity index (χ3n) is 3.13. The van der Waals surface area contributed by atoms with Gasteiger partial charge in [-0.3, -0.25) is 0 Å². The molecule has 3 nitrogen and oxygen atoms in total. The van der Waals surface area contributed by atoms with Gasteiger partial charge in [0.05, 0.1) is 22.1 Å². The number of benzene rings is 2. The Kier molecular flexibility index (Phi) is 3.32. The van der Waals surface area contributed by atoms with Crippen molar-refractivity contribution in [3.05, 3.63) is 53.1 Å². The molecule has 0 spiro atoms. The fraction of sp³-hybridized carbons (Fsp3) is 0.0667. The van der Waals surface area contributed by atoms with Crippen LogP contribution in [0.25, 0.3) is 22.4 Å². The standard InChI is InChI=1S/C15H8ClF2N3/c16-10-4-2-1-3-9(10)15-20-13-7-11(17)12(18)8-14(13)21(15)6-5-19/h1-4,7-8H,6H2. The van der Waals surface area contributed by atoms with Gasteiger partial charge in [-0.15, -0.1) is 0 Å². The highest BCUT2D eigenvalue weighted by molar-refractivity contribution is 6.33. The van der Waals surface area contributed by atoms with Crippen molar-refractivity contribution in [2.75, 3.05) is 0 Å². The van der Waals surface area contributed by atoms with Crippen molar-refractivity contribution in [2.45, 2.75) is 6.54 Å². The Hall–Kier alpha value is -2.45. The third-order valence-corrected chi connectivity index (χ3v) is 3.46. The number of nitrogens with zero attached hydrogens (tertiary/aromatic N) is 3. The predicted octanol–water partition coefficient (Wildman–Crippen LogP) is 4.16. The van der Waals surface area contributed by atoms with Crippen LogP contribution in [-0.2, 0) is 6.54 Å². The van der Waals surface area contributed by atoms with Crippen LogP contribution in [0.1, 0.15) is 0 Å². The second-order valence-electron chi connectivity index (χ2n) is 4.41. The monoisotopic (exact) mass is 303 g/mol. The summed E-state index contributed by atoms with van der Waals surface area (Å²) >= 11 is 6.14. The number of hydrogen-bond acceptors (Lipinski definition) is 2. The largest absolute Gasteiger partial charge is 0.310 e. The van der Waals surface area contributed by atoms with Gasteiger partial charge in [0.15, 0.2) is 11.6 Å². The molecule has 3 rings (SSSR count). The van der Waals surface area contributed by atoms with Gasteiger partial charge in [0, 0.05) is 17.7 Å². The molecule has 1 heterocycles. The third kappa shape index (κ3) is 2.24. The highest BCUT2D eigenvalue weighted by Gasteiger charge is 2.17. The lowest BCUT2D eigenvalue weighted by atomic mass is 10.2. The van der Waals surface area contributed by atoms with Crippen molar-refractivity contribution < 1.29 is 8.78 Å². The molecular formula is C15H8ClF2N3. The summed E-state index contributed by atoms with van der Waals surface area (Å²) in [5.41, 5.74) is 1.23. The Morgan fingerprint density at radius 3 is 2.62 bits per heavy atom. The van der Waals surface area contributed by atoms with E-state index in [9.17, 15) is 8.78 Å². The van der Waals surface area contributed by atoms with E-state index in [2.05, 4.69) is 4.98 Å². The van der Waals surface area contributed by atoms with Gasteiger partial charge in [0.25, 0.3) is 0 Å². The van der Waals surface area contributed by atoms with Gasteiger partial charge >= 0.3 is 0 Å². The smallest absolute Gasteiger partial charge is 0.161 e. The molecule has 1 aromatic heterocycles. The Bertz CT molecular complexity index is 880. The summed E-state index contributed by atoms with van der Waals surface area (Å²) in [4.78, 5) is 4.29. The summed E-state index contributed by atoms with van der Waals surface area (Å²) in [6.07, 6.45) is 0. The quantitative estimate of drug-likeness (QED) is 0.713. The van der Waals surface area contributed by atoms with Crippen LogP contribution in [0.3, 0.4) is 0 Å². The summed E-state index contributed by atoms with van der Waals surface area (Å²) in [5, 5.41) is 9.41. The van der Waals surface area contributed by atoms with Crippen LogP contribution in [0.5, 0.6) is 0 Å². The first-order valence-electron chi connectivity index (χ1n) is 6.09. The predicted molar refractivity (Wildman–Crippen MR) is 75.7 cm³/mol. The summed E-state index contributed by atoms with van der Waals surface area (Å²) in [6.45, 7) is -0.0396. The second kappa shape index (κ2) is 5.15. The first-order chi connectivity index (χ1) is 10.1. The molecular weight excluding hydrogens is 296 g/mol. The fourth-order valence-electron chi connectivity index (χ4n) is 2.20. The molecule has 2 aromatic carbocycles. The van der Waals surface area contributed by atoms with Gasteiger partial charge in [0.2, 0.25) is 0 Å². The highest BCUT2D eigenvalue weighted by Crippen LogP contribution is 2.30. The fourth-order valence-corrected chi connectivity index (χ4v) is 2.42. The SMILES string of the molecule is N#CCn1c(-c2ccccc2Cl)nc2cc(F)c(F)cc21. The van der Waals surface area contributed by atoms with E-state index in [1.807, 2.05) is 6.07 Å². The maximum absolute atomic E-state index is 13.4. The molecule has 0 aliphatic rings. The lowest BCUT2D eigenvalue weighted by molar-refractivity contribution is 0.510. The number of nitriles is 1. The van der Waals surface area contributed by atoms with Crippen LogP contribution in [0.2, 0.25) is 5.02 Å². The number of halogens is 3. The lowest BCUT2D eigenvalue weighted by Crippen LogP contribution is -1.99. The summed E-state index contributed by atoms with van der Waals surface area (Å²) in [5.74, 6) is -1.55. The molecule has 0 fully saturated rings. The van der Waals surface area contributed by atoms with Crippen LogP contribution in [0.15, 0.2) is 36.4 Å². The van der Waals surface area contributed by atoms with Crippen LogP contribution in [0.4, 0.5) is 8.78 Å². The number of rotatable bonds is 2. The van der Waals surface area contributed by atoms with Crippen molar-refractivity contribution in [1.82, 2.24) is 9.55 Å². The normalized spacial score (nSPS) is 10.8. The zero-order chi connectivity index (χ0) is 15.0. The lowest BCUT2D eigenvalue weighted by Gasteiger charge is -2.06. The van der Waals surface area contributed by atoms with Gasteiger partial charge < -0.3 is 4.57 Å². The van der Waals surface area contributed by atoms with Gasteiger partial charge in [-0.2, -0.15) is 5.26 Å². The maximum Gasteiger partial charge on any atom is 0.161 e. The van der Waals surface area contributed by atoms with E-state index >= 15 is 0 Å². The minimum absolute atomic E-state index is 0.0396. The zero-order valence-corrected chi connectivity index (χ0v) is 11.4. The number of fused-ring (bicyclic) bond motifs is 1. The van der Waals surface area contributed by atoms with Gasteiger partial charge in [-0.1, -0.05) is 23.7 Å². The molecule has 6 heteroatoms. The molecule has 0 aliphatic heterocycles. The average molecular weight is 304 g/mol. The van der Waals surface area contributed by atoms with Crippen molar-refractivity contribution in [1.29, 1.82) is 5.26 Å². The van der Waals surface area contributed by atoms with Crippen molar-refractivity contribution in [2.24, 2.45) is 0 Å². The Labute approximate surface area is 124 Å². The molecule has 0 saturated heterocycles. The minimum Gasteiger partial charge on any atom is -0.310 e. The maximum atomic E-state index is 13.4. The van der Waals surface area contributed by atoms with E-state index in [0.29, 0.717) is 21.9 Å². The molecule has 0 amide bonds. The number of hydrogen-bond donors (Lipinski definition) is 0. The molecule has 0 aliphatic carbocycles. The van der Waals surface area contributed by atoms with Gasteiger partial charge in [-0.05, 0) is 12.1 Å². The van der Waals surface area contributed by atoms with Crippen molar-refractivity contribution in [3.63, 3.8) is 0 Å². The molecule has 0 unspecified atom stereocenters. The van der Waals surface area contributed by atoms with Crippen molar-refractivity contribution in [3.8, 4) is 17.5 Å². The summed E-state index contributed by atoms with van der Waals surface area (Å²) in [7, 11) is 0. The molecule has 0 N–H and O–H groups in total. The Balaban J connectivity index is 2.35. The van der Waals surface area contributed by atoms with E-state index < -0.39 is 11.6 Å². The van der Waals surface area contributed by atoms with Crippen molar-refractivity contribution >= 4 is 22.6 Å². The molecule has 0 radical (unpaired) electrons.